The maximum Gasteiger partial charge on any atom is 0.237 e. The van der Waals surface area contributed by atoms with Gasteiger partial charge in [0.05, 0.1) is 22.8 Å². The zero-order valence-corrected chi connectivity index (χ0v) is 23.2. The molecule has 0 bridgehead atoms. The average Bonchev–Trinajstić information content (AvgIpc) is 2.76. The van der Waals surface area contributed by atoms with Gasteiger partial charge in [0.1, 0.15) is 5.88 Å². The summed E-state index contributed by atoms with van der Waals surface area (Å²) in [5, 5.41) is 12.1. The lowest BCUT2D eigenvalue weighted by atomic mass is 9.92. The summed E-state index contributed by atoms with van der Waals surface area (Å²) in [6.45, 7) is 11.6. The molecule has 0 fully saturated rings. The van der Waals surface area contributed by atoms with Crippen molar-refractivity contribution in [2.45, 2.75) is 57.5 Å². The third kappa shape index (κ3) is 7.98. The summed E-state index contributed by atoms with van der Waals surface area (Å²) in [6.07, 6.45) is -0.849. The minimum Gasteiger partial charge on any atom is -0.414 e. The monoisotopic (exact) mass is 529 g/mol. The van der Waals surface area contributed by atoms with E-state index in [-0.39, 0.29) is 30.0 Å². The third-order valence-corrected chi connectivity index (χ3v) is 11.8. The molecule has 0 saturated carbocycles. The molecule has 2 aromatic rings. The smallest absolute Gasteiger partial charge is 0.237 e. The van der Waals surface area contributed by atoms with Gasteiger partial charge in [-0.05, 0) is 41.4 Å². The Kier molecular flexibility index (Phi) is 10.3. The van der Waals surface area contributed by atoms with Gasteiger partial charge in [-0.2, -0.15) is 0 Å². The van der Waals surface area contributed by atoms with Crippen LogP contribution in [-0.2, 0) is 15.8 Å². The Labute approximate surface area is 213 Å². The summed E-state index contributed by atoms with van der Waals surface area (Å²) in [4.78, 5) is 14.4. The number of amides is 1. The molecule has 0 aliphatic rings. The van der Waals surface area contributed by atoms with Crippen LogP contribution in [0.4, 0.5) is 0 Å². The van der Waals surface area contributed by atoms with E-state index in [0.717, 1.165) is 11.1 Å². The zero-order chi connectivity index (χ0) is 24.8. The lowest BCUT2D eigenvalue weighted by molar-refractivity contribution is -0.129. The molecule has 182 valence electrons. The van der Waals surface area contributed by atoms with Crippen LogP contribution in [0.2, 0.25) is 28.2 Å². The van der Waals surface area contributed by atoms with Crippen molar-refractivity contribution in [3.8, 4) is 0 Å². The molecule has 4 nitrogen and oxygen atoms in total. The van der Waals surface area contributed by atoms with Crippen LogP contribution in [-0.4, -0.2) is 49.4 Å². The number of aliphatic hydroxyl groups excluding tert-OH is 1. The van der Waals surface area contributed by atoms with Gasteiger partial charge in [-0.25, -0.2) is 0 Å². The van der Waals surface area contributed by atoms with Crippen LogP contribution in [0.25, 0.3) is 0 Å². The minimum absolute atomic E-state index is 0.0136. The number of hydrogen-bond donors (Lipinski definition) is 1. The Morgan fingerprint density at radius 1 is 1.09 bits per heavy atom. The van der Waals surface area contributed by atoms with Crippen LogP contribution in [0, 0.1) is 0 Å². The highest BCUT2D eigenvalue weighted by atomic mass is 35.5. The average molecular weight is 531 g/mol. The van der Waals surface area contributed by atoms with E-state index in [0.29, 0.717) is 16.6 Å². The molecule has 0 aromatic heterocycles. The van der Waals surface area contributed by atoms with Crippen molar-refractivity contribution >= 4 is 49.0 Å². The first-order valence-electron chi connectivity index (χ1n) is 11.0. The predicted octanol–water partition coefficient (Wildman–Crippen LogP) is 6.73. The molecular weight excluding hydrogens is 497 g/mol. The van der Waals surface area contributed by atoms with Crippen molar-refractivity contribution in [2.24, 2.45) is 0 Å². The molecule has 0 aliphatic carbocycles. The molecule has 2 aromatic carbocycles. The molecule has 0 unspecified atom stereocenters. The highest BCUT2D eigenvalue weighted by molar-refractivity contribution is 6.74. The van der Waals surface area contributed by atoms with Gasteiger partial charge >= 0.3 is 0 Å². The summed E-state index contributed by atoms with van der Waals surface area (Å²) in [7, 11) is -2.07. The molecule has 8 heteroatoms. The van der Waals surface area contributed by atoms with Crippen molar-refractivity contribution in [1.29, 1.82) is 0 Å². The first-order chi connectivity index (χ1) is 15.4. The number of nitrogens with zero attached hydrogens (tertiary/aromatic N) is 1. The van der Waals surface area contributed by atoms with Gasteiger partial charge in [0.15, 0.2) is 8.32 Å². The molecule has 0 heterocycles. The van der Waals surface area contributed by atoms with Crippen LogP contribution in [0.3, 0.4) is 0 Å². The molecule has 1 amide bonds. The quantitative estimate of drug-likeness (QED) is 0.274. The van der Waals surface area contributed by atoms with Crippen LogP contribution in [0.1, 0.15) is 37.8 Å². The van der Waals surface area contributed by atoms with Gasteiger partial charge in [-0.15, -0.1) is 11.6 Å². The van der Waals surface area contributed by atoms with E-state index in [2.05, 4.69) is 33.9 Å². The number of halogens is 3. The van der Waals surface area contributed by atoms with Crippen LogP contribution in [0.15, 0.2) is 48.5 Å². The van der Waals surface area contributed by atoms with Crippen molar-refractivity contribution in [3.63, 3.8) is 0 Å². The van der Waals surface area contributed by atoms with Gasteiger partial charge in [0.25, 0.3) is 0 Å². The van der Waals surface area contributed by atoms with Gasteiger partial charge in [0.2, 0.25) is 5.91 Å². The highest BCUT2D eigenvalue weighted by Gasteiger charge is 2.38. The SMILES string of the molecule is CC(C)(C)[Si](C)(C)OC[C@@H](O)[C@@H](CN(Cc1ccccc1)C(=O)CCl)c1ccc(Cl)c(Cl)c1. The zero-order valence-electron chi connectivity index (χ0n) is 19.9. The second-order valence-corrected chi connectivity index (χ2v) is 15.7. The van der Waals surface area contributed by atoms with Gasteiger partial charge < -0.3 is 14.4 Å². The van der Waals surface area contributed by atoms with Gasteiger partial charge in [-0.3, -0.25) is 4.79 Å². The van der Waals surface area contributed by atoms with E-state index in [9.17, 15) is 9.90 Å². The number of aliphatic hydroxyl groups is 1. The summed E-state index contributed by atoms with van der Waals surface area (Å²) in [5.41, 5.74) is 1.77. The van der Waals surface area contributed by atoms with Gasteiger partial charge in [-0.1, -0.05) is 80.4 Å². The molecule has 0 saturated heterocycles. The third-order valence-electron chi connectivity index (χ3n) is 6.36. The first-order valence-corrected chi connectivity index (χ1v) is 15.2. The van der Waals surface area contributed by atoms with Crippen molar-refractivity contribution in [1.82, 2.24) is 4.90 Å². The topological polar surface area (TPSA) is 49.8 Å². The minimum atomic E-state index is -2.07. The Bertz CT molecular complexity index is 919. The van der Waals surface area contributed by atoms with E-state index in [1.807, 2.05) is 36.4 Å². The summed E-state index contributed by atoms with van der Waals surface area (Å²) < 4.78 is 6.30. The number of alkyl halides is 1. The highest BCUT2D eigenvalue weighted by Crippen LogP contribution is 2.37. The number of carbonyl (C=O) groups is 1. The van der Waals surface area contributed by atoms with Crippen molar-refractivity contribution in [2.75, 3.05) is 19.0 Å². The number of hydrogen-bond acceptors (Lipinski definition) is 3. The lowest BCUT2D eigenvalue weighted by Gasteiger charge is -2.38. The number of rotatable bonds is 10. The maximum absolute atomic E-state index is 12.7. The molecular formula is C25H34Cl3NO3Si. The summed E-state index contributed by atoms with van der Waals surface area (Å²) in [6, 6.07) is 15.0. The maximum atomic E-state index is 12.7. The molecule has 0 aliphatic heterocycles. The molecule has 33 heavy (non-hydrogen) atoms. The van der Waals surface area contributed by atoms with E-state index in [1.165, 1.54) is 0 Å². The summed E-state index contributed by atoms with van der Waals surface area (Å²) >= 11 is 18.3. The Morgan fingerprint density at radius 2 is 1.73 bits per heavy atom. The lowest BCUT2D eigenvalue weighted by Crippen LogP contribution is -2.45. The largest absolute Gasteiger partial charge is 0.414 e. The van der Waals surface area contributed by atoms with Crippen molar-refractivity contribution in [3.05, 3.63) is 69.7 Å². The molecule has 0 radical (unpaired) electrons. The molecule has 1 N–H and O–H groups in total. The normalized spacial score (nSPS) is 14.1. The van der Waals surface area contributed by atoms with E-state index >= 15 is 0 Å². The first kappa shape index (κ1) is 28.2. The fourth-order valence-electron chi connectivity index (χ4n) is 3.20. The fraction of sp³-hybridized carbons (Fsp3) is 0.480. The van der Waals surface area contributed by atoms with Crippen LogP contribution in [0.5, 0.6) is 0 Å². The number of carbonyl (C=O) groups excluding carboxylic acids is 1. The summed E-state index contributed by atoms with van der Waals surface area (Å²) in [5.74, 6) is -0.777. The number of benzene rings is 2. The Hall–Kier alpha value is -1.08. The second kappa shape index (κ2) is 12.1. The molecule has 2 rings (SSSR count). The Balaban J connectivity index is 2.34. The van der Waals surface area contributed by atoms with Crippen molar-refractivity contribution < 1.29 is 14.3 Å². The molecule has 2 atom stereocenters. The van der Waals surface area contributed by atoms with Crippen LogP contribution >= 0.6 is 34.8 Å². The second-order valence-electron chi connectivity index (χ2n) is 9.81. The van der Waals surface area contributed by atoms with E-state index < -0.39 is 20.3 Å². The van der Waals surface area contributed by atoms with Crippen LogP contribution < -0.4 is 0 Å². The molecule has 0 spiro atoms. The standard InChI is InChI=1S/C25H34Cl3NO3Si/c1-25(2,3)33(4,5)32-17-23(30)20(19-11-12-21(27)22(28)13-19)16-29(24(31)14-26)15-18-9-7-6-8-10-18/h6-13,20,23,30H,14-17H2,1-5H3/t20-,23+/m0/s1. The Morgan fingerprint density at radius 3 is 2.27 bits per heavy atom. The fourth-order valence-corrected chi connectivity index (χ4v) is 4.69. The van der Waals surface area contributed by atoms with E-state index in [1.54, 1.807) is 17.0 Å². The predicted molar refractivity (Wildman–Crippen MR) is 141 cm³/mol. The van der Waals surface area contributed by atoms with E-state index in [4.69, 9.17) is 39.2 Å². The van der Waals surface area contributed by atoms with Gasteiger partial charge in [0, 0.05) is 19.0 Å².